The molecule has 20 heavy (non-hydrogen) atoms. The van der Waals surface area contributed by atoms with Crippen LogP contribution in [0.4, 0.5) is 5.69 Å². The second-order valence-electron chi connectivity index (χ2n) is 4.53. The van der Waals surface area contributed by atoms with Crippen LogP contribution in [0.1, 0.15) is 11.1 Å². The number of sulfone groups is 1. The zero-order valence-electron chi connectivity index (χ0n) is 11.0. The molecule has 0 aliphatic rings. The molecule has 0 amide bonds. The first-order chi connectivity index (χ1) is 9.32. The van der Waals surface area contributed by atoms with Crippen LogP contribution in [0.3, 0.4) is 0 Å². The van der Waals surface area contributed by atoms with E-state index in [1.54, 1.807) is 32.0 Å². The quantitative estimate of drug-likeness (QED) is 0.643. The second-order valence-corrected chi connectivity index (χ2v) is 6.48. The summed E-state index contributed by atoms with van der Waals surface area (Å²) in [6.45, 7) is 3.36. The van der Waals surface area contributed by atoms with Gasteiger partial charge in [0.25, 0.3) is 5.69 Å². The summed E-state index contributed by atoms with van der Waals surface area (Å²) < 4.78 is 24.9. The first-order valence-electron chi connectivity index (χ1n) is 5.89. The molecule has 2 aromatic rings. The van der Waals surface area contributed by atoms with Crippen molar-refractivity contribution in [3.63, 3.8) is 0 Å². The van der Waals surface area contributed by atoms with Gasteiger partial charge in [-0.1, -0.05) is 18.2 Å². The van der Waals surface area contributed by atoms with E-state index in [2.05, 4.69) is 0 Å². The molecule has 0 aliphatic carbocycles. The number of nitro groups is 1. The fourth-order valence-electron chi connectivity index (χ4n) is 1.87. The average Bonchev–Trinajstić information content (AvgIpc) is 2.38. The number of aryl methyl sites for hydroxylation is 2. The van der Waals surface area contributed by atoms with Crippen molar-refractivity contribution in [1.29, 1.82) is 0 Å². The van der Waals surface area contributed by atoms with Gasteiger partial charge in [0.15, 0.2) is 0 Å². The normalized spacial score (nSPS) is 11.3. The van der Waals surface area contributed by atoms with Crippen LogP contribution < -0.4 is 0 Å². The van der Waals surface area contributed by atoms with Gasteiger partial charge in [0.2, 0.25) is 9.84 Å². The van der Waals surface area contributed by atoms with E-state index in [4.69, 9.17) is 0 Å². The summed E-state index contributed by atoms with van der Waals surface area (Å²) in [5, 5.41) is 10.9. The maximum atomic E-state index is 12.4. The molecule has 2 rings (SSSR count). The molecule has 0 spiro atoms. The van der Waals surface area contributed by atoms with Gasteiger partial charge in [0.1, 0.15) is 0 Å². The Balaban J connectivity index is 2.61. The van der Waals surface area contributed by atoms with E-state index in [0.717, 1.165) is 11.6 Å². The minimum atomic E-state index is -3.74. The van der Waals surface area contributed by atoms with Crippen molar-refractivity contribution in [1.82, 2.24) is 0 Å². The van der Waals surface area contributed by atoms with Gasteiger partial charge in [-0.25, -0.2) is 8.42 Å². The summed E-state index contributed by atoms with van der Waals surface area (Å²) in [4.78, 5) is 10.4. The van der Waals surface area contributed by atoms with Gasteiger partial charge in [0, 0.05) is 11.6 Å². The summed E-state index contributed by atoms with van der Waals surface area (Å²) in [5.41, 5.74) is 1.05. The Hall–Kier alpha value is -2.21. The SMILES string of the molecule is Cc1cccc(S(=O)(=O)c2ccc(C)c([N+](=O)[O-])c2)c1. The molecule has 0 N–H and O–H groups in total. The van der Waals surface area contributed by atoms with Gasteiger partial charge in [0.05, 0.1) is 14.7 Å². The van der Waals surface area contributed by atoms with Gasteiger partial charge in [-0.2, -0.15) is 0 Å². The van der Waals surface area contributed by atoms with Crippen LogP contribution in [0.5, 0.6) is 0 Å². The van der Waals surface area contributed by atoms with Crippen LogP contribution in [0.15, 0.2) is 52.3 Å². The van der Waals surface area contributed by atoms with Crippen LogP contribution in [0.25, 0.3) is 0 Å². The van der Waals surface area contributed by atoms with Crippen molar-refractivity contribution in [3.05, 3.63) is 63.7 Å². The maximum Gasteiger partial charge on any atom is 0.273 e. The third kappa shape index (κ3) is 2.55. The smallest absolute Gasteiger partial charge is 0.258 e. The van der Waals surface area contributed by atoms with Crippen LogP contribution in [-0.2, 0) is 9.84 Å². The first kappa shape index (κ1) is 14.2. The Labute approximate surface area is 116 Å². The Morgan fingerprint density at radius 1 is 1.00 bits per heavy atom. The fraction of sp³-hybridized carbons (Fsp3) is 0.143. The summed E-state index contributed by atoms with van der Waals surface area (Å²) in [5.74, 6) is 0. The van der Waals surface area contributed by atoms with Crippen LogP contribution in [-0.4, -0.2) is 13.3 Å². The second kappa shape index (κ2) is 5.05. The highest BCUT2D eigenvalue weighted by molar-refractivity contribution is 7.91. The van der Waals surface area contributed by atoms with Crippen molar-refractivity contribution in [3.8, 4) is 0 Å². The molecule has 0 aliphatic heterocycles. The molecule has 104 valence electrons. The van der Waals surface area contributed by atoms with Gasteiger partial charge in [-0.15, -0.1) is 0 Å². The molecule has 5 nitrogen and oxygen atoms in total. The third-order valence-electron chi connectivity index (χ3n) is 2.99. The molecule has 0 aromatic heterocycles. The molecule has 0 radical (unpaired) electrons. The molecule has 0 fully saturated rings. The number of rotatable bonds is 3. The predicted octanol–water partition coefficient (Wildman–Crippen LogP) is 3.04. The fourth-order valence-corrected chi connectivity index (χ4v) is 3.26. The van der Waals surface area contributed by atoms with E-state index in [1.165, 1.54) is 18.2 Å². The molecule has 0 saturated carbocycles. The van der Waals surface area contributed by atoms with Crippen molar-refractivity contribution < 1.29 is 13.3 Å². The Bertz CT molecular complexity index is 782. The third-order valence-corrected chi connectivity index (χ3v) is 4.74. The minimum Gasteiger partial charge on any atom is -0.258 e. The molecular weight excluding hydrogens is 278 g/mol. The van der Waals surface area contributed by atoms with Crippen LogP contribution in [0, 0.1) is 24.0 Å². The van der Waals surface area contributed by atoms with Crippen molar-refractivity contribution in [2.75, 3.05) is 0 Å². The molecular formula is C14H13NO4S. The van der Waals surface area contributed by atoms with E-state index in [1.807, 2.05) is 0 Å². The first-order valence-corrected chi connectivity index (χ1v) is 7.37. The lowest BCUT2D eigenvalue weighted by Crippen LogP contribution is -2.03. The summed E-state index contributed by atoms with van der Waals surface area (Å²) >= 11 is 0. The number of hydrogen-bond acceptors (Lipinski definition) is 4. The van der Waals surface area contributed by atoms with E-state index >= 15 is 0 Å². The van der Waals surface area contributed by atoms with Gasteiger partial charge < -0.3 is 0 Å². The topological polar surface area (TPSA) is 77.3 Å². The van der Waals surface area contributed by atoms with E-state index in [9.17, 15) is 18.5 Å². The molecule has 6 heteroatoms. The zero-order valence-corrected chi connectivity index (χ0v) is 11.8. The highest BCUT2D eigenvalue weighted by Crippen LogP contribution is 2.27. The van der Waals surface area contributed by atoms with E-state index < -0.39 is 14.8 Å². The lowest BCUT2D eigenvalue weighted by atomic mass is 10.2. The zero-order chi connectivity index (χ0) is 14.9. The van der Waals surface area contributed by atoms with E-state index in [-0.39, 0.29) is 15.5 Å². The van der Waals surface area contributed by atoms with Gasteiger partial charge in [-0.3, -0.25) is 10.1 Å². The monoisotopic (exact) mass is 291 g/mol. The number of nitrogens with zero attached hydrogens (tertiary/aromatic N) is 1. The molecule has 0 atom stereocenters. The lowest BCUT2D eigenvalue weighted by molar-refractivity contribution is -0.385. The summed E-state index contributed by atoms with van der Waals surface area (Å²) in [6, 6.07) is 10.4. The molecule has 0 heterocycles. The average molecular weight is 291 g/mol. The molecule has 0 unspecified atom stereocenters. The number of hydrogen-bond donors (Lipinski definition) is 0. The number of benzene rings is 2. The van der Waals surface area contributed by atoms with Crippen molar-refractivity contribution in [2.24, 2.45) is 0 Å². The standard InChI is InChI=1S/C14H13NO4S/c1-10-4-3-5-12(8-10)20(18,19)13-7-6-11(2)14(9-13)15(16)17/h3-9H,1-2H3. The van der Waals surface area contributed by atoms with Crippen molar-refractivity contribution in [2.45, 2.75) is 23.6 Å². The number of nitro benzene ring substituents is 1. The lowest BCUT2D eigenvalue weighted by Gasteiger charge is -2.06. The highest BCUT2D eigenvalue weighted by Gasteiger charge is 2.21. The van der Waals surface area contributed by atoms with Gasteiger partial charge >= 0.3 is 0 Å². The molecule has 0 saturated heterocycles. The molecule has 2 aromatic carbocycles. The Morgan fingerprint density at radius 2 is 1.65 bits per heavy atom. The molecule has 0 bridgehead atoms. The van der Waals surface area contributed by atoms with Crippen LogP contribution in [0.2, 0.25) is 0 Å². The highest BCUT2D eigenvalue weighted by atomic mass is 32.2. The summed E-state index contributed by atoms with van der Waals surface area (Å²) in [6.07, 6.45) is 0. The van der Waals surface area contributed by atoms with Gasteiger partial charge in [-0.05, 0) is 37.6 Å². The summed E-state index contributed by atoms with van der Waals surface area (Å²) in [7, 11) is -3.74. The van der Waals surface area contributed by atoms with Crippen LogP contribution >= 0.6 is 0 Å². The van der Waals surface area contributed by atoms with Crippen molar-refractivity contribution >= 4 is 15.5 Å². The Kier molecular flexibility index (Phi) is 3.59. The Morgan fingerprint density at radius 3 is 2.25 bits per heavy atom. The largest absolute Gasteiger partial charge is 0.273 e. The van der Waals surface area contributed by atoms with E-state index in [0.29, 0.717) is 5.56 Å². The minimum absolute atomic E-state index is 0.0691. The predicted molar refractivity (Wildman–Crippen MR) is 74.5 cm³/mol. The maximum absolute atomic E-state index is 12.4.